The molecular formula is C17H19NO3. The molecule has 1 amide bonds. The van der Waals surface area contributed by atoms with Crippen LogP contribution in [0.5, 0.6) is 11.5 Å². The number of benzene rings is 2. The van der Waals surface area contributed by atoms with E-state index in [9.17, 15) is 4.79 Å². The van der Waals surface area contributed by atoms with Gasteiger partial charge in [-0.05, 0) is 30.7 Å². The highest BCUT2D eigenvalue weighted by molar-refractivity contribution is 5.94. The maximum Gasteiger partial charge on any atom is 0.251 e. The maximum absolute atomic E-state index is 12.1. The van der Waals surface area contributed by atoms with E-state index in [1.165, 1.54) is 0 Å². The molecule has 1 N–H and O–H groups in total. The van der Waals surface area contributed by atoms with E-state index in [1.807, 2.05) is 37.3 Å². The molecule has 0 bridgehead atoms. The van der Waals surface area contributed by atoms with Gasteiger partial charge >= 0.3 is 0 Å². The number of carbonyl (C=O) groups excluding carboxylic acids is 1. The zero-order valence-electron chi connectivity index (χ0n) is 12.3. The van der Waals surface area contributed by atoms with E-state index in [4.69, 9.17) is 9.47 Å². The van der Waals surface area contributed by atoms with Crippen LogP contribution < -0.4 is 14.8 Å². The highest BCUT2D eigenvalue weighted by Gasteiger charge is 2.10. The smallest absolute Gasteiger partial charge is 0.251 e. The lowest BCUT2D eigenvalue weighted by Crippen LogP contribution is -2.22. The number of ether oxygens (including phenoxy) is 2. The average molecular weight is 285 g/mol. The molecule has 21 heavy (non-hydrogen) atoms. The van der Waals surface area contributed by atoms with Crippen LogP contribution >= 0.6 is 0 Å². The summed E-state index contributed by atoms with van der Waals surface area (Å²) in [5.74, 6) is 1.06. The molecule has 4 nitrogen and oxygen atoms in total. The molecule has 110 valence electrons. The van der Waals surface area contributed by atoms with Crippen molar-refractivity contribution < 1.29 is 14.3 Å². The SMILES string of the molecule is CCOc1ccc(C(=O)NCc2ccccc2)cc1OC. The number of hydrogen-bond donors (Lipinski definition) is 1. The second kappa shape index (κ2) is 7.33. The summed E-state index contributed by atoms with van der Waals surface area (Å²) < 4.78 is 10.7. The van der Waals surface area contributed by atoms with Gasteiger partial charge in [0.1, 0.15) is 0 Å². The van der Waals surface area contributed by atoms with Gasteiger partial charge in [0.2, 0.25) is 0 Å². The summed E-state index contributed by atoms with van der Waals surface area (Å²) in [5.41, 5.74) is 1.61. The topological polar surface area (TPSA) is 47.6 Å². The van der Waals surface area contributed by atoms with Gasteiger partial charge in [0.05, 0.1) is 13.7 Å². The summed E-state index contributed by atoms with van der Waals surface area (Å²) >= 11 is 0. The first kappa shape index (κ1) is 14.9. The van der Waals surface area contributed by atoms with Gasteiger partial charge < -0.3 is 14.8 Å². The van der Waals surface area contributed by atoms with E-state index in [-0.39, 0.29) is 5.91 Å². The fourth-order valence-corrected chi connectivity index (χ4v) is 1.96. The van der Waals surface area contributed by atoms with E-state index in [2.05, 4.69) is 5.32 Å². The summed E-state index contributed by atoms with van der Waals surface area (Å²) in [4.78, 5) is 12.1. The molecule has 0 aliphatic rings. The molecule has 0 spiro atoms. The van der Waals surface area contributed by atoms with Gasteiger partial charge in [-0.25, -0.2) is 0 Å². The van der Waals surface area contributed by atoms with E-state index in [0.29, 0.717) is 30.2 Å². The third-order valence-corrected chi connectivity index (χ3v) is 3.02. The lowest BCUT2D eigenvalue weighted by molar-refractivity contribution is 0.0950. The van der Waals surface area contributed by atoms with Crippen LogP contribution in [-0.4, -0.2) is 19.6 Å². The number of rotatable bonds is 6. The van der Waals surface area contributed by atoms with Gasteiger partial charge in [-0.1, -0.05) is 30.3 Å². The van der Waals surface area contributed by atoms with Crippen LogP contribution in [0.1, 0.15) is 22.8 Å². The van der Waals surface area contributed by atoms with Crippen molar-refractivity contribution in [1.82, 2.24) is 5.32 Å². The molecular weight excluding hydrogens is 266 g/mol. The molecule has 0 saturated carbocycles. The minimum absolute atomic E-state index is 0.139. The molecule has 0 unspecified atom stereocenters. The fourth-order valence-electron chi connectivity index (χ4n) is 1.96. The Morgan fingerprint density at radius 3 is 2.52 bits per heavy atom. The minimum Gasteiger partial charge on any atom is -0.493 e. The molecule has 0 aromatic heterocycles. The predicted molar refractivity (Wildman–Crippen MR) is 81.8 cm³/mol. The minimum atomic E-state index is -0.139. The Morgan fingerprint density at radius 2 is 1.86 bits per heavy atom. The Morgan fingerprint density at radius 1 is 1.10 bits per heavy atom. The van der Waals surface area contributed by atoms with Gasteiger partial charge in [-0.2, -0.15) is 0 Å². The third-order valence-electron chi connectivity index (χ3n) is 3.02. The Labute approximate surface area is 124 Å². The van der Waals surface area contributed by atoms with Crippen LogP contribution in [0.25, 0.3) is 0 Å². The van der Waals surface area contributed by atoms with Gasteiger partial charge in [-0.3, -0.25) is 4.79 Å². The molecule has 2 rings (SSSR count). The Kier molecular flexibility index (Phi) is 5.21. The number of nitrogens with one attached hydrogen (secondary N) is 1. The molecule has 4 heteroatoms. The highest BCUT2D eigenvalue weighted by Crippen LogP contribution is 2.27. The third kappa shape index (κ3) is 3.99. The fraction of sp³-hybridized carbons (Fsp3) is 0.235. The second-order valence-corrected chi connectivity index (χ2v) is 4.47. The van der Waals surface area contributed by atoms with Gasteiger partial charge in [0.15, 0.2) is 11.5 Å². The van der Waals surface area contributed by atoms with E-state index < -0.39 is 0 Å². The first-order valence-corrected chi connectivity index (χ1v) is 6.87. The molecule has 2 aromatic carbocycles. The molecule has 2 aromatic rings. The normalized spacial score (nSPS) is 10.0. The summed E-state index contributed by atoms with van der Waals surface area (Å²) in [7, 11) is 1.56. The lowest BCUT2D eigenvalue weighted by Gasteiger charge is -2.11. The lowest BCUT2D eigenvalue weighted by atomic mass is 10.1. The first-order chi connectivity index (χ1) is 10.2. The van der Waals surface area contributed by atoms with E-state index >= 15 is 0 Å². The van der Waals surface area contributed by atoms with Crippen LogP contribution in [0.2, 0.25) is 0 Å². The molecule has 0 radical (unpaired) electrons. The van der Waals surface area contributed by atoms with Crippen molar-refractivity contribution in [2.24, 2.45) is 0 Å². The van der Waals surface area contributed by atoms with Crippen LogP contribution in [0, 0.1) is 0 Å². The summed E-state index contributed by atoms with van der Waals surface area (Å²) in [6, 6.07) is 14.9. The van der Waals surface area contributed by atoms with Gasteiger partial charge in [0.25, 0.3) is 5.91 Å². The Hall–Kier alpha value is -2.49. The second-order valence-electron chi connectivity index (χ2n) is 4.47. The number of methoxy groups -OCH3 is 1. The molecule has 0 aliphatic heterocycles. The van der Waals surface area contributed by atoms with Gasteiger partial charge in [-0.15, -0.1) is 0 Å². The van der Waals surface area contributed by atoms with Crippen LogP contribution in [0.4, 0.5) is 0 Å². The van der Waals surface area contributed by atoms with E-state index in [0.717, 1.165) is 5.56 Å². The standard InChI is InChI=1S/C17H19NO3/c1-3-21-15-10-9-14(11-16(15)20-2)17(19)18-12-13-7-5-4-6-8-13/h4-11H,3,12H2,1-2H3,(H,18,19). The predicted octanol–water partition coefficient (Wildman–Crippen LogP) is 3.02. The van der Waals surface area contributed by atoms with E-state index in [1.54, 1.807) is 25.3 Å². The average Bonchev–Trinajstić information content (AvgIpc) is 2.54. The largest absolute Gasteiger partial charge is 0.493 e. The summed E-state index contributed by atoms with van der Waals surface area (Å²) in [5, 5.41) is 2.88. The zero-order valence-corrected chi connectivity index (χ0v) is 12.3. The molecule has 0 heterocycles. The molecule has 0 saturated heterocycles. The van der Waals surface area contributed by atoms with Crippen molar-refractivity contribution in [3.8, 4) is 11.5 Å². The van der Waals surface area contributed by atoms with Crippen molar-refractivity contribution >= 4 is 5.91 Å². The molecule has 0 aliphatic carbocycles. The number of hydrogen-bond acceptors (Lipinski definition) is 3. The van der Waals surface area contributed by atoms with Crippen LogP contribution in [0.3, 0.4) is 0 Å². The van der Waals surface area contributed by atoms with Crippen LogP contribution in [-0.2, 0) is 6.54 Å². The summed E-state index contributed by atoms with van der Waals surface area (Å²) in [6.45, 7) is 2.95. The molecule has 0 fully saturated rings. The molecule has 0 atom stereocenters. The maximum atomic E-state index is 12.1. The van der Waals surface area contributed by atoms with Crippen molar-refractivity contribution in [2.75, 3.05) is 13.7 Å². The Bertz CT molecular complexity index is 596. The summed E-state index contributed by atoms with van der Waals surface area (Å²) in [6.07, 6.45) is 0. The van der Waals surface area contributed by atoms with Crippen LogP contribution in [0.15, 0.2) is 48.5 Å². The van der Waals surface area contributed by atoms with Gasteiger partial charge in [0, 0.05) is 12.1 Å². The quantitative estimate of drug-likeness (QED) is 0.887. The first-order valence-electron chi connectivity index (χ1n) is 6.87. The number of carbonyl (C=O) groups is 1. The van der Waals surface area contributed by atoms with Crippen molar-refractivity contribution in [3.63, 3.8) is 0 Å². The number of amides is 1. The zero-order chi connectivity index (χ0) is 15.1. The monoisotopic (exact) mass is 285 g/mol. The van der Waals surface area contributed by atoms with Crippen molar-refractivity contribution in [1.29, 1.82) is 0 Å². The highest BCUT2D eigenvalue weighted by atomic mass is 16.5. The van der Waals surface area contributed by atoms with Crippen molar-refractivity contribution in [2.45, 2.75) is 13.5 Å². The Balaban J connectivity index is 2.05. The van der Waals surface area contributed by atoms with Crippen molar-refractivity contribution in [3.05, 3.63) is 59.7 Å².